The Morgan fingerprint density at radius 2 is 1.70 bits per heavy atom. The molecule has 0 atom stereocenters. The predicted molar refractivity (Wildman–Crippen MR) is 90.0 cm³/mol. The Balaban J connectivity index is 1.45. The molecule has 0 unspecified atom stereocenters. The van der Waals surface area contributed by atoms with Gasteiger partial charge >= 0.3 is 0 Å². The molecule has 120 valence electrons. The molecule has 1 fully saturated rings. The minimum Gasteiger partial charge on any atom is -0.490 e. The summed E-state index contributed by atoms with van der Waals surface area (Å²) in [5.41, 5.74) is 1.95. The van der Waals surface area contributed by atoms with Crippen molar-refractivity contribution < 1.29 is 14.3 Å². The summed E-state index contributed by atoms with van der Waals surface area (Å²) >= 11 is 0. The highest BCUT2D eigenvalue weighted by molar-refractivity contribution is 5.94. The van der Waals surface area contributed by atoms with Gasteiger partial charge in [-0.25, -0.2) is 0 Å². The first-order valence-corrected chi connectivity index (χ1v) is 7.94. The maximum atomic E-state index is 11.8. The van der Waals surface area contributed by atoms with Crippen molar-refractivity contribution in [3.05, 3.63) is 54.1 Å². The average Bonchev–Trinajstić information content (AvgIpc) is 3.37. The van der Waals surface area contributed by atoms with Crippen LogP contribution in [0.2, 0.25) is 0 Å². The van der Waals surface area contributed by atoms with E-state index in [4.69, 9.17) is 9.47 Å². The van der Waals surface area contributed by atoms with E-state index in [1.165, 1.54) is 5.56 Å². The summed E-state index contributed by atoms with van der Waals surface area (Å²) in [7, 11) is 0. The topological polar surface area (TPSA) is 47.6 Å². The molecule has 1 aliphatic carbocycles. The molecule has 2 aromatic rings. The Kier molecular flexibility index (Phi) is 4.81. The standard InChI is InChI=1S/C19H21NO3/c1-14-4-2-6-17(12-14)22-10-11-23-18-7-3-5-16(13-18)20-19(21)15-8-9-15/h2-7,12-13,15H,8-11H2,1H3,(H,20,21). The van der Waals surface area contributed by atoms with Gasteiger partial charge in [0, 0.05) is 17.7 Å². The molecular weight excluding hydrogens is 290 g/mol. The van der Waals surface area contributed by atoms with E-state index < -0.39 is 0 Å². The molecule has 0 bridgehead atoms. The molecule has 1 amide bonds. The Morgan fingerprint density at radius 3 is 2.35 bits per heavy atom. The molecule has 0 heterocycles. The molecule has 0 aromatic heterocycles. The molecule has 0 radical (unpaired) electrons. The van der Waals surface area contributed by atoms with Crippen LogP contribution in [0, 0.1) is 12.8 Å². The predicted octanol–water partition coefficient (Wildman–Crippen LogP) is 3.80. The smallest absolute Gasteiger partial charge is 0.227 e. The summed E-state index contributed by atoms with van der Waals surface area (Å²) in [5, 5.41) is 2.92. The van der Waals surface area contributed by atoms with Crippen LogP contribution in [0.5, 0.6) is 11.5 Å². The van der Waals surface area contributed by atoms with Crippen molar-refractivity contribution in [1.82, 2.24) is 0 Å². The number of nitrogens with one attached hydrogen (secondary N) is 1. The van der Waals surface area contributed by atoms with Crippen molar-refractivity contribution in [3.63, 3.8) is 0 Å². The van der Waals surface area contributed by atoms with Crippen molar-refractivity contribution in [1.29, 1.82) is 0 Å². The third-order valence-corrected chi connectivity index (χ3v) is 3.66. The molecule has 0 spiro atoms. The minimum absolute atomic E-state index is 0.102. The van der Waals surface area contributed by atoms with Gasteiger partial charge in [-0.2, -0.15) is 0 Å². The van der Waals surface area contributed by atoms with Gasteiger partial charge in [-0.05, 0) is 49.6 Å². The molecule has 2 aromatic carbocycles. The van der Waals surface area contributed by atoms with Gasteiger partial charge < -0.3 is 14.8 Å². The SMILES string of the molecule is Cc1cccc(OCCOc2cccc(NC(=O)C3CC3)c2)c1. The van der Waals surface area contributed by atoms with E-state index >= 15 is 0 Å². The lowest BCUT2D eigenvalue weighted by Gasteiger charge is -2.10. The highest BCUT2D eigenvalue weighted by atomic mass is 16.5. The van der Waals surface area contributed by atoms with Crippen molar-refractivity contribution in [2.45, 2.75) is 19.8 Å². The van der Waals surface area contributed by atoms with E-state index in [1.54, 1.807) is 0 Å². The number of benzene rings is 2. The molecule has 4 nitrogen and oxygen atoms in total. The first-order chi connectivity index (χ1) is 11.2. The number of amides is 1. The van der Waals surface area contributed by atoms with Crippen LogP contribution in [0.15, 0.2) is 48.5 Å². The summed E-state index contributed by atoms with van der Waals surface area (Å²) in [5.74, 6) is 1.87. The van der Waals surface area contributed by atoms with Crippen LogP contribution in [-0.4, -0.2) is 19.1 Å². The van der Waals surface area contributed by atoms with Crippen LogP contribution >= 0.6 is 0 Å². The van der Waals surface area contributed by atoms with Crippen LogP contribution in [0.3, 0.4) is 0 Å². The largest absolute Gasteiger partial charge is 0.490 e. The second kappa shape index (κ2) is 7.18. The average molecular weight is 311 g/mol. The first-order valence-electron chi connectivity index (χ1n) is 7.94. The monoisotopic (exact) mass is 311 g/mol. The molecule has 23 heavy (non-hydrogen) atoms. The number of carbonyl (C=O) groups is 1. The van der Waals surface area contributed by atoms with Crippen LogP contribution in [0.4, 0.5) is 5.69 Å². The number of carbonyl (C=O) groups excluding carboxylic acids is 1. The summed E-state index contributed by atoms with van der Waals surface area (Å²) in [6.07, 6.45) is 2.00. The summed E-state index contributed by atoms with van der Waals surface area (Å²) < 4.78 is 11.3. The first kappa shape index (κ1) is 15.4. The van der Waals surface area contributed by atoms with E-state index in [9.17, 15) is 4.79 Å². The van der Waals surface area contributed by atoms with Crippen molar-refractivity contribution in [2.24, 2.45) is 5.92 Å². The van der Waals surface area contributed by atoms with E-state index in [1.807, 2.05) is 55.5 Å². The Hall–Kier alpha value is -2.49. The van der Waals surface area contributed by atoms with Crippen molar-refractivity contribution >= 4 is 11.6 Å². The van der Waals surface area contributed by atoms with Crippen LogP contribution in [0.1, 0.15) is 18.4 Å². The number of anilines is 1. The van der Waals surface area contributed by atoms with E-state index in [2.05, 4.69) is 5.32 Å². The molecule has 1 aliphatic rings. The van der Waals surface area contributed by atoms with Gasteiger partial charge in [0.15, 0.2) is 0 Å². The summed E-state index contributed by atoms with van der Waals surface area (Å²) in [4.78, 5) is 11.8. The van der Waals surface area contributed by atoms with Gasteiger partial charge in [0.1, 0.15) is 24.7 Å². The number of ether oxygens (including phenoxy) is 2. The van der Waals surface area contributed by atoms with Crippen LogP contribution in [-0.2, 0) is 4.79 Å². The molecule has 4 heteroatoms. The fourth-order valence-corrected chi connectivity index (χ4v) is 2.28. The lowest BCUT2D eigenvalue weighted by molar-refractivity contribution is -0.117. The normalized spacial score (nSPS) is 13.4. The van der Waals surface area contributed by atoms with Crippen LogP contribution in [0.25, 0.3) is 0 Å². The van der Waals surface area contributed by atoms with Gasteiger partial charge in [0.25, 0.3) is 0 Å². The quantitative estimate of drug-likeness (QED) is 0.791. The third kappa shape index (κ3) is 4.74. The van der Waals surface area contributed by atoms with E-state index in [0.29, 0.717) is 13.2 Å². The van der Waals surface area contributed by atoms with E-state index in [-0.39, 0.29) is 11.8 Å². The van der Waals surface area contributed by atoms with Gasteiger partial charge in [0.2, 0.25) is 5.91 Å². The minimum atomic E-state index is 0.102. The lowest BCUT2D eigenvalue weighted by atomic mass is 10.2. The highest BCUT2D eigenvalue weighted by Gasteiger charge is 2.29. The van der Waals surface area contributed by atoms with Crippen molar-refractivity contribution in [3.8, 4) is 11.5 Å². The lowest BCUT2D eigenvalue weighted by Crippen LogP contribution is -2.13. The number of aryl methyl sites for hydroxylation is 1. The zero-order valence-electron chi connectivity index (χ0n) is 13.2. The zero-order valence-corrected chi connectivity index (χ0v) is 13.2. The molecular formula is C19H21NO3. The maximum absolute atomic E-state index is 11.8. The van der Waals surface area contributed by atoms with Gasteiger partial charge in [-0.1, -0.05) is 18.2 Å². The number of rotatable bonds is 7. The maximum Gasteiger partial charge on any atom is 0.227 e. The third-order valence-electron chi connectivity index (χ3n) is 3.66. The molecule has 0 aliphatic heterocycles. The summed E-state index contributed by atoms with van der Waals surface area (Å²) in [6, 6.07) is 15.4. The molecule has 1 N–H and O–H groups in total. The second-order valence-corrected chi connectivity index (χ2v) is 5.80. The Morgan fingerprint density at radius 1 is 1.04 bits per heavy atom. The van der Waals surface area contributed by atoms with E-state index in [0.717, 1.165) is 30.0 Å². The van der Waals surface area contributed by atoms with Gasteiger partial charge in [-0.3, -0.25) is 4.79 Å². The molecule has 3 rings (SSSR count). The van der Waals surface area contributed by atoms with Crippen molar-refractivity contribution in [2.75, 3.05) is 18.5 Å². The fourth-order valence-electron chi connectivity index (χ4n) is 2.28. The number of hydrogen-bond acceptors (Lipinski definition) is 3. The Labute approximate surface area is 136 Å². The van der Waals surface area contributed by atoms with Crippen LogP contribution < -0.4 is 14.8 Å². The summed E-state index contributed by atoms with van der Waals surface area (Å²) in [6.45, 7) is 2.96. The molecule has 1 saturated carbocycles. The second-order valence-electron chi connectivity index (χ2n) is 5.80. The number of hydrogen-bond donors (Lipinski definition) is 1. The molecule has 0 saturated heterocycles. The highest BCUT2D eigenvalue weighted by Crippen LogP contribution is 2.30. The zero-order chi connectivity index (χ0) is 16.1. The fraction of sp³-hybridized carbons (Fsp3) is 0.316. The Bertz CT molecular complexity index is 680. The van der Waals surface area contributed by atoms with Gasteiger partial charge in [0.05, 0.1) is 0 Å². The van der Waals surface area contributed by atoms with Gasteiger partial charge in [-0.15, -0.1) is 0 Å².